The van der Waals surface area contributed by atoms with Crippen molar-refractivity contribution in [2.45, 2.75) is 52.2 Å². The normalized spacial score (nSPS) is 22.1. The molecule has 1 unspecified atom stereocenters. The number of H-pyrrole nitrogens is 1. The van der Waals surface area contributed by atoms with Gasteiger partial charge in [0.1, 0.15) is 12.7 Å². The van der Waals surface area contributed by atoms with Crippen molar-refractivity contribution in [3.05, 3.63) is 16.7 Å². The zero-order chi connectivity index (χ0) is 25.0. The van der Waals surface area contributed by atoms with E-state index >= 15 is 0 Å². The molecule has 12 nitrogen and oxygen atoms in total. The lowest BCUT2D eigenvalue weighted by atomic mass is 10.1. The summed E-state index contributed by atoms with van der Waals surface area (Å²) in [6.07, 6.45) is -0.538. The van der Waals surface area contributed by atoms with E-state index in [2.05, 4.69) is 20.3 Å². The predicted octanol–water partition coefficient (Wildman–Crippen LogP) is 1.61. The van der Waals surface area contributed by atoms with Crippen molar-refractivity contribution in [1.82, 2.24) is 19.5 Å². The Morgan fingerprint density at radius 2 is 2.03 bits per heavy atom. The first-order valence-electron chi connectivity index (χ1n) is 10.5. The number of ether oxygens (including phenoxy) is 4. The first kappa shape index (κ1) is 25.9. The van der Waals surface area contributed by atoms with Crippen molar-refractivity contribution in [3.8, 4) is 0 Å². The van der Waals surface area contributed by atoms with Crippen molar-refractivity contribution >= 4 is 57.4 Å². The summed E-state index contributed by atoms with van der Waals surface area (Å²) in [4.78, 5) is 47.2. The number of imidazole rings is 1. The van der Waals surface area contributed by atoms with Crippen LogP contribution in [0, 0.1) is 5.92 Å². The minimum atomic E-state index is -0.954. The summed E-state index contributed by atoms with van der Waals surface area (Å²) in [5, 5.41) is 3.08. The molecule has 14 heteroatoms. The third-order valence-corrected chi connectivity index (χ3v) is 5.85. The van der Waals surface area contributed by atoms with Crippen LogP contribution in [0.5, 0.6) is 0 Å². The molecule has 1 fully saturated rings. The molecular formula is C20H27N5O7S2. The SMILES string of the molecule is CSC(=S)OC1[C@@H](OC(C)=O)[C@@H](COC(C)=O)O[C@H]1n1cnc2c(=O)[nH]c(NCC(C)C)nc21. The molecule has 0 bridgehead atoms. The van der Waals surface area contributed by atoms with E-state index in [4.69, 9.17) is 31.2 Å². The maximum atomic E-state index is 12.6. The number of fused-ring (bicyclic) bond motifs is 1. The molecule has 2 aromatic heterocycles. The van der Waals surface area contributed by atoms with Crippen LogP contribution in [0.25, 0.3) is 11.2 Å². The third kappa shape index (κ3) is 6.04. The second-order valence-corrected chi connectivity index (χ2v) is 9.40. The Hall–Kier alpha value is -2.71. The van der Waals surface area contributed by atoms with Gasteiger partial charge < -0.3 is 24.3 Å². The van der Waals surface area contributed by atoms with Gasteiger partial charge in [-0.05, 0) is 24.4 Å². The highest BCUT2D eigenvalue weighted by atomic mass is 32.2. The minimum absolute atomic E-state index is 0.0948. The topological polar surface area (TPSA) is 147 Å². The quantitative estimate of drug-likeness (QED) is 0.390. The van der Waals surface area contributed by atoms with Gasteiger partial charge in [-0.2, -0.15) is 4.98 Å². The summed E-state index contributed by atoms with van der Waals surface area (Å²) in [7, 11) is 0. The summed E-state index contributed by atoms with van der Waals surface area (Å²) in [5.41, 5.74) is -0.103. The largest absolute Gasteiger partial charge is 0.466 e. The highest BCUT2D eigenvalue weighted by Gasteiger charge is 2.51. The molecule has 1 aliphatic rings. The van der Waals surface area contributed by atoms with Crippen LogP contribution in [0.15, 0.2) is 11.1 Å². The van der Waals surface area contributed by atoms with E-state index in [0.717, 1.165) is 0 Å². The van der Waals surface area contributed by atoms with E-state index in [1.165, 1.54) is 36.5 Å². The van der Waals surface area contributed by atoms with E-state index in [1.54, 1.807) is 6.26 Å². The molecule has 2 aromatic rings. The monoisotopic (exact) mass is 513 g/mol. The number of nitrogens with zero attached hydrogens (tertiary/aromatic N) is 3. The molecule has 4 atom stereocenters. The molecule has 0 saturated carbocycles. The van der Waals surface area contributed by atoms with Crippen molar-refractivity contribution in [3.63, 3.8) is 0 Å². The van der Waals surface area contributed by atoms with Gasteiger partial charge in [0.2, 0.25) is 10.3 Å². The van der Waals surface area contributed by atoms with Crippen LogP contribution in [-0.2, 0) is 28.5 Å². The van der Waals surface area contributed by atoms with E-state index in [-0.39, 0.29) is 28.1 Å². The van der Waals surface area contributed by atoms with Gasteiger partial charge in [0.05, 0.1) is 6.33 Å². The number of aromatic amines is 1. The molecule has 34 heavy (non-hydrogen) atoms. The fraction of sp³-hybridized carbons (Fsp3) is 0.600. The summed E-state index contributed by atoms with van der Waals surface area (Å²) < 4.78 is 24.3. The van der Waals surface area contributed by atoms with Gasteiger partial charge in [0.15, 0.2) is 29.6 Å². The van der Waals surface area contributed by atoms with Gasteiger partial charge in [-0.3, -0.25) is 23.9 Å². The highest BCUT2D eigenvalue weighted by molar-refractivity contribution is 8.22. The van der Waals surface area contributed by atoms with Crippen molar-refractivity contribution in [2.24, 2.45) is 5.92 Å². The van der Waals surface area contributed by atoms with Crippen molar-refractivity contribution in [2.75, 3.05) is 24.7 Å². The lowest BCUT2D eigenvalue weighted by Crippen LogP contribution is -2.40. The summed E-state index contributed by atoms with van der Waals surface area (Å²) >= 11 is 6.43. The molecular weight excluding hydrogens is 486 g/mol. The molecule has 0 aliphatic carbocycles. The van der Waals surface area contributed by atoms with Crippen molar-refractivity contribution < 1.29 is 28.5 Å². The van der Waals surface area contributed by atoms with Gasteiger partial charge in [-0.15, -0.1) is 0 Å². The van der Waals surface area contributed by atoms with Crippen LogP contribution in [-0.4, -0.2) is 73.6 Å². The van der Waals surface area contributed by atoms with Crippen LogP contribution < -0.4 is 10.9 Å². The standard InChI is InChI=1S/C20H27N5O7S2/c1-9(2)6-21-19-23-16-13(17(28)24-19)22-8-25(16)18-15(32-20(33)34-5)14(30-11(4)27)12(31-18)7-29-10(3)26/h8-9,12,14-15,18H,6-7H2,1-5H3,(H2,21,23,24,28)/t12-,14+,15?,18-/m1/s1. The van der Waals surface area contributed by atoms with Crippen LogP contribution in [0.4, 0.5) is 5.95 Å². The second kappa shape index (κ2) is 11.1. The number of thiocarbonyl (C=S) groups is 1. The molecule has 2 N–H and O–H groups in total. The van der Waals surface area contributed by atoms with Gasteiger partial charge in [0.25, 0.3) is 5.56 Å². The second-order valence-electron chi connectivity index (χ2n) is 7.99. The molecule has 3 rings (SSSR count). The smallest absolute Gasteiger partial charge is 0.303 e. The summed E-state index contributed by atoms with van der Waals surface area (Å²) in [6, 6.07) is 0. The first-order valence-corrected chi connectivity index (χ1v) is 12.1. The third-order valence-electron chi connectivity index (χ3n) is 4.82. The number of nitrogens with one attached hydrogen (secondary N) is 2. The molecule has 3 heterocycles. The molecule has 0 aromatic carbocycles. The predicted molar refractivity (Wildman–Crippen MR) is 129 cm³/mol. The maximum absolute atomic E-state index is 12.6. The van der Waals surface area contributed by atoms with Crippen LogP contribution in [0.1, 0.15) is 33.9 Å². The Morgan fingerprint density at radius 1 is 1.29 bits per heavy atom. The van der Waals surface area contributed by atoms with Crippen LogP contribution in [0.3, 0.4) is 0 Å². The van der Waals surface area contributed by atoms with E-state index in [0.29, 0.717) is 12.5 Å². The van der Waals surface area contributed by atoms with Gasteiger partial charge in [-0.25, -0.2) is 4.98 Å². The molecule has 1 aliphatic heterocycles. The Balaban J connectivity index is 2.04. The molecule has 0 spiro atoms. The number of hydrogen-bond acceptors (Lipinski definition) is 12. The number of anilines is 1. The van der Waals surface area contributed by atoms with Crippen LogP contribution >= 0.6 is 24.0 Å². The number of esters is 2. The Morgan fingerprint density at radius 3 is 2.65 bits per heavy atom. The lowest BCUT2D eigenvalue weighted by Gasteiger charge is -2.24. The number of thioether (sulfide) groups is 1. The highest BCUT2D eigenvalue weighted by Crippen LogP contribution is 2.36. The number of aromatic nitrogens is 4. The number of rotatable bonds is 8. The molecule has 0 amide bonds. The number of hydrogen-bond donors (Lipinski definition) is 2. The maximum Gasteiger partial charge on any atom is 0.303 e. The average Bonchev–Trinajstić information content (AvgIpc) is 3.32. The number of carbonyl (C=O) groups is 2. The Bertz CT molecular complexity index is 1120. The average molecular weight is 514 g/mol. The van der Waals surface area contributed by atoms with E-state index in [9.17, 15) is 14.4 Å². The molecule has 1 saturated heterocycles. The summed E-state index contributed by atoms with van der Waals surface area (Å²) in [6.45, 7) is 6.97. The fourth-order valence-corrected chi connectivity index (χ4v) is 3.70. The molecule has 0 radical (unpaired) electrons. The van der Waals surface area contributed by atoms with E-state index in [1.807, 2.05) is 13.8 Å². The number of carbonyl (C=O) groups excluding carboxylic acids is 2. The summed E-state index contributed by atoms with van der Waals surface area (Å²) in [5.74, 6) is -0.499. The van der Waals surface area contributed by atoms with E-state index < -0.39 is 42.0 Å². The van der Waals surface area contributed by atoms with Crippen molar-refractivity contribution in [1.29, 1.82) is 0 Å². The fourth-order valence-electron chi connectivity index (χ4n) is 3.38. The molecule has 186 valence electrons. The van der Waals surface area contributed by atoms with Gasteiger partial charge >= 0.3 is 11.9 Å². The van der Waals surface area contributed by atoms with Crippen LogP contribution in [0.2, 0.25) is 0 Å². The zero-order valence-electron chi connectivity index (χ0n) is 19.4. The Labute approximate surface area is 205 Å². The van der Waals surface area contributed by atoms with Gasteiger partial charge in [-0.1, -0.05) is 25.6 Å². The minimum Gasteiger partial charge on any atom is -0.466 e. The van der Waals surface area contributed by atoms with Gasteiger partial charge in [0, 0.05) is 20.4 Å². The Kier molecular flexibility index (Phi) is 8.49. The first-order chi connectivity index (χ1) is 16.1. The lowest BCUT2D eigenvalue weighted by molar-refractivity contribution is -0.157. The zero-order valence-corrected chi connectivity index (χ0v) is 21.0.